The van der Waals surface area contributed by atoms with E-state index in [1.54, 1.807) is 18.2 Å². The molecule has 3 heteroatoms. The quantitative estimate of drug-likeness (QED) is 0.724. The van der Waals surface area contributed by atoms with Crippen LogP contribution < -0.4 is 4.74 Å². The van der Waals surface area contributed by atoms with Crippen molar-refractivity contribution in [1.29, 1.82) is 0 Å². The Bertz CT molecular complexity index is 276. The summed E-state index contributed by atoms with van der Waals surface area (Å²) in [4.78, 5) is 0. The average Bonchev–Trinajstić information content (AvgIpc) is 2.17. The topological polar surface area (TPSA) is 18.5 Å². The number of ether oxygens (including phenoxy) is 2. The van der Waals surface area contributed by atoms with Crippen molar-refractivity contribution in [1.82, 2.24) is 0 Å². The van der Waals surface area contributed by atoms with Crippen molar-refractivity contribution in [2.24, 2.45) is 0 Å². The Kier molecular flexibility index (Phi) is 4.40. The molecule has 0 heterocycles. The first kappa shape index (κ1) is 11.0. The summed E-state index contributed by atoms with van der Waals surface area (Å²) in [5.41, 5.74) is 0. The number of rotatable bonds is 5. The summed E-state index contributed by atoms with van der Waals surface area (Å²) in [5.74, 6) is -0.0600. The summed E-state index contributed by atoms with van der Waals surface area (Å²) in [6.07, 6.45) is -0.0143. The molecule has 1 aromatic carbocycles. The zero-order valence-electron chi connectivity index (χ0n) is 8.50. The van der Waals surface area contributed by atoms with Crippen LogP contribution in [0.3, 0.4) is 0 Å². The van der Waals surface area contributed by atoms with E-state index in [0.29, 0.717) is 13.2 Å². The molecular formula is C11H15FO2. The van der Waals surface area contributed by atoms with Gasteiger partial charge in [0.2, 0.25) is 0 Å². The first-order chi connectivity index (χ1) is 6.74. The Morgan fingerprint density at radius 2 is 2.07 bits per heavy atom. The van der Waals surface area contributed by atoms with Crippen LogP contribution in [0.1, 0.15) is 13.8 Å². The van der Waals surface area contributed by atoms with Gasteiger partial charge in [0.1, 0.15) is 6.61 Å². The average molecular weight is 198 g/mol. The number of para-hydroxylation sites is 1. The van der Waals surface area contributed by atoms with E-state index >= 15 is 0 Å². The van der Waals surface area contributed by atoms with Crippen molar-refractivity contribution in [3.63, 3.8) is 0 Å². The third-order valence-corrected chi connectivity index (χ3v) is 1.76. The lowest BCUT2D eigenvalue weighted by molar-refractivity contribution is 0.0391. The van der Waals surface area contributed by atoms with Crippen LogP contribution in [0.5, 0.6) is 5.75 Å². The highest BCUT2D eigenvalue weighted by Gasteiger charge is 2.05. The highest BCUT2D eigenvalue weighted by Crippen LogP contribution is 2.15. The first-order valence-electron chi connectivity index (χ1n) is 4.73. The molecule has 0 bridgehead atoms. The second kappa shape index (κ2) is 5.60. The Labute approximate surface area is 83.6 Å². The van der Waals surface area contributed by atoms with Gasteiger partial charge in [-0.3, -0.25) is 0 Å². The van der Waals surface area contributed by atoms with Crippen LogP contribution in [-0.4, -0.2) is 19.3 Å². The van der Waals surface area contributed by atoms with Gasteiger partial charge in [0.25, 0.3) is 0 Å². The molecule has 0 radical (unpaired) electrons. The van der Waals surface area contributed by atoms with Crippen molar-refractivity contribution in [3.8, 4) is 5.75 Å². The Morgan fingerprint density at radius 3 is 2.71 bits per heavy atom. The molecular weight excluding hydrogens is 183 g/mol. The fraction of sp³-hybridized carbons (Fsp3) is 0.455. The monoisotopic (exact) mass is 198 g/mol. The van der Waals surface area contributed by atoms with Crippen molar-refractivity contribution in [2.75, 3.05) is 13.2 Å². The Balaban J connectivity index is 2.41. The van der Waals surface area contributed by atoms with Gasteiger partial charge in [-0.15, -0.1) is 0 Å². The van der Waals surface area contributed by atoms with Gasteiger partial charge >= 0.3 is 0 Å². The fourth-order valence-electron chi connectivity index (χ4n) is 1.10. The fourth-order valence-corrected chi connectivity index (χ4v) is 1.10. The van der Waals surface area contributed by atoms with E-state index in [-0.39, 0.29) is 17.7 Å². The van der Waals surface area contributed by atoms with Crippen molar-refractivity contribution >= 4 is 0 Å². The molecule has 1 atom stereocenters. The predicted octanol–water partition coefficient (Wildman–Crippen LogP) is 2.63. The maximum Gasteiger partial charge on any atom is 0.165 e. The molecule has 1 unspecified atom stereocenters. The molecule has 0 fully saturated rings. The van der Waals surface area contributed by atoms with Gasteiger partial charge in [-0.1, -0.05) is 12.1 Å². The third kappa shape index (κ3) is 3.34. The molecule has 78 valence electrons. The summed E-state index contributed by atoms with van der Waals surface area (Å²) < 4.78 is 23.6. The number of benzene rings is 1. The van der Waals surface area contributed by atoms with Gasteiger partial charge in [-0.25, -0.2) is 4.39 Å². The molecule has 1 aromatic rings. The largest absolute Gasteiger partial charge is 0.488 e. The molecule has 0 aliphatic heterocycles. The second-order valence-corrected chi connectivity index (χ2v) is 3.01. The van der Waals surface area contributed by atoms with E-state index in [9.17, 15) is 4.39 Å². The Hall–Kier alpha value is -1.09. The van der Waals surface area contributed by atoms with Crippen LogP contribution in [-0.2, 0) is 4.74 Å². The molecule has 14 heavy (non-hydrogen) atoms. The van der Waals surface area contributed by atoms with Gasteiger partial charge in [0.05, 0.1) is 6.10 Å². The molecule has 0 saturated heterocycles. The minimum Gasteiger partial charge on any atom is -0.488 e. The van der Waals surface area contributed by atoms with Gasteiger partial charge in [0.15, 0.2) is 11.6 Å². The number of hydrogen-bond acceptors (Lipinski definition) is 2. The van der Waals surface area contributed by atoms with Gasteiger partial charge in [-0.2, -0.15) is 0 Å². The maximum absolute atomic E-state index is 13.1. The van der Waals surface area contributed by atoms with Crippen LogP contribution in [0.2, 0.25) is 0 Å². The van der Waals surface area contributed by atoms with Gasteiger partial charge in [0, 0.05) is 6.61 Å². The summed E-state index contributed by atoms with van der Waals surface area (Å²) >= 11 is 0. The first-order valence-corrected chi connectivity index (χ1v) is 4.73. The molecule has 0 N–H and O–H groups in total. The van der Waals surface area contributed by atoms with E-state index in [4.69, 9.17) is 9.47 Å². The van der Waals surface area contributed by atoms with E-state index in [0.717, 1.165) is 0 Å². The van der Waals surface area contributed by atoms with Crippen molar-refractivity contribution < 1.29 is 13.9 Å². The van der Waals surface area contributed by atoms with Crippen molar-refractivity contribution in [3.05, 3.63) is 30.1 Å². The van der Waals surface area contributed by atoms with E-state index in [1.807, 2.05) is 13.8 Å². The lowest BCUT2D eigenvalue weighted by atomic mass is 10.3. The predicted molar refractivity (Wildman–Crippen MR) is 53.0 cm³/mol. The van der Waals surface area contributed by atoms with E-state index < -0.39 is 0 Å². The minimum atomic E-state index is -0.337. The zero-order valence-corrected chi connectivity index (χ0v) is 8.50. The van der Waals surface area contributed by atoms with Gasteiger partial charge < -0.3 is 9.47 Å². The van der Waals surface area contributed by atoms with Crippen LogP contribution in [0, 0.1) is 5.82 Å². The summed E-state index contributed by atoms with van der Waals surface area (Å²) in [6, 6.07) is 6.35. The van der Waals surface area contributed by atoms with Gasteiger partial charge in [-0.05, 0) is 26.0 Å². The lowest BCUT2D eigenvalue weighted by Gasteiger charge is -2.13. The van der Waals surface area contributed by atoms with Crippen LogP contribution in [0.15, 0.2) is 24.3 Å². The van der Waals surface area contributed by atoms with Crippen molar-refractivity contribution in [2.45, 2.75) is 20.0 Å². The second-order valence-electron chi connectivity index (χ2n) is 3.01. The lowest BCUT2D eigenvalue weighted by Crippen LogP contribution is -2.18. The SMILES string of the molecule is CCOC(C)COc1ccccc1F. The maximum atomic E-state index is 13.1. The Morgan fingerprint density at radius 1 is 1.36 bits per heavy atom. The molecule has 0 aliphatic carbocycles. The normalized spacial score (nSPS) is 12.5. The van der Waals surface area contributed by atoms with Crippen LogP contribution in [0.25, 0.3) is 0 Å². The number of hydrogen-bond donors (Lipinski definition) is 0. The zero-order chi connectivity index (χ0) is 10.4. The van der Waals surface area contributed by atoms with Crippen LogP contribution in [0.4, 0.5) is 4.39 Å². The summed E-state index contributed by atoms with van der Waals surface area (Å²) in [7, 11) is 0. The van der Waals surface area contributed by atoms with Crippen LogP contribution >= 0.6 is 0 Å². The molecule has 1 rings (SSSR count). The minimum absolute atomic E-state index is 0.0143. The molecule has 0 aromatic heterocycles. The molecule has 0 amide bonds. The van der Waals surface area contributed by atoms with E-state index in [1.165, 1.54) is 6.07 Å². The molecule has 0 spiro atoms. The molecule has 0 saturated carbocycles. The molecule has 0 aliphatic rings. The molecule has 2 nitrogen and oxygen atoms in total. The summed E-state index contributed by atoms with van der Waals surface area (Å²) in [5, 5.41) is 0. The third-order valence-electron chi connectivity index (χ3n) is 1.76. The standard InChI is InChI=1S/C11H15FO2/c1-3-13-9(2)8-14-11-7-5-4-6-10(11)12/h4-7,9H,3,8H2,1-2H3. The highest BCUT2D eigenvalue weighted by molar-refractivity contribution is 5.23. The highest BCUT2D eigenvalue weighted by atomic mass is 19.1. The number of halogens is 1. The smallest absolute Gasteiger partial charge is 0.165 e. The van der Waals surface area contributed by atoms with E-state index in [2.05, 4.69) is 0 Å². The summed E-state index contributed by atoms with van der Waals surface area (Å²) in [6.45, 7) is 4.82.